The maximum atomic E-state index is 13.7. The van der Waals surface area contributed by atoms with E-state index in [0.717, 1.165) is 0 Å². The third-order valence-corrected chi connectivity index (χ3v) is 5.29. The molecule has 0 saturated carbocycles. The van der Waals surface area contributed by atoms with Crippen LogP contribution in [0.25, 0.3) is 22.3 Å². The number of hydrogen-bond acceptors (Lipinski definition) is 5. The van der Waals surface area contributed by atoms with Crippen LogP contribution in [0.15, 0.2) is 36.8 Å². The number of nitrogens with one attached hydrogen (secondary N) is 2. The Morgan fingerprint density at radius 3 is 2.57 bits per heavy atom. The second-order valence-electron chi connectivity index (χ2n) is 7.54. The number of likely N-dealkylation sites (tertiary alicyclic amines) is 1. The molecular weight excluding hydrogens is 387 g/mol. The van der Waals surface area contributed by atoms with Crippen LogP contribution in [0.4, 0.5) is 4.39 Å². The predicted octanol–water partition coefficient (Wildman–Crippen LogP) is 2.60. The molecule has 0 aliphatic carbocycles. The van der Waals surface area contributed by atoms with Gasteiger partial charge in [0.05, 0.1) is 24.3 Å². The molecule has 8 nitrogen and oxygen atoms in total. The van der Waals surface area contributed by atoms with E-state index in [1.165, 1.54) is 6.20 Å². The molecule has 0 radical (unpaired) electrons. The summed E-state index contributed by atoms with van der Waals surface area (Å²) in [4.78, 5) is 12.9. The van der Waals surface area contributed by atoms with Gasteiger partial charge >= 0.3 is 0 Å². The summed E-state index contributed by atoms with van der Waals surface area (Å²) in [6.45, 7) is 5.36. The lowest BCUT2D eigenvalue weighted by Crippen LogP contribution is -2.51. The van der Waals surface area contributed by atoms with Crippen LogP contribution in [-0.4, -0.2) is 57.2 Å². The summed E-state index contributed by atoms with van der Waals surface area (Å²) >= 11 is 0. The van der Waals surface area contributed by atoms with Crippen LogP contribution >= 0.6 is 0 Å². The Kier molecular flexibility index (Phi) is 6.51. The Hall–Kier alpha value is -3.20. The summed E-state index contributed by atoms with van der Waals surface area (Å²) in [7, 11) is 1.58. The molecular formula is C21H27FN6O2. The van der Waals surface area contributed by atoms with Crippen molar-refractivity contribution in [1.82, 2.24) is 19.9 Å². The van der Waals surface area contributed by atoms with Gasteiger partial charge in [-0.15, -0.1) is 0 Å². The number of methoxy groups -OCH3 is 1. The maximum Gasteiger partial charge on any atom is 0.188 e. The lowest BCUT2D eigenvalue weighted by atomic mass is 9.88. The van der Waals surface area contributed by atoms with Gasteiger partial charge in [-0.25, -0.2) is 9.37 Å². The lowest BCUT2D eigenvalue weighted by Gasteiger charge is -2.38. The van der Waals surface area contributed by atoms with Gasteiger partial charge in [-0.3, -0.25) is 10.4 Å². The van der Waals surface area contributed by atoms with Gasteiger partial charge in [-0.05, 0) is 24.0 Å². The number of aliphatic hydroxyl groups is 1. The standard InChI is InChI=1S/C13H10FN3O.C8H17N3O/c1-18-8-2-4-15-11(6-8)9-3-5-16-13-12(9)10(14)7-17-13;1-5-3-11(8(9)10)4-6(2)7(5)12/h2-7H,1H3,(H,16,17);5-7,12H,3-4H2,1-2H3,(H3,9,10). The summed E-state index contributed by atoms with van der Waals surface area (Å²) in [6.07, 6.45) is 4.29. The average Bonchev–Trinajstić information content (AvgIpc) is 3.13. The van der Waals surface area contributed by atoms with Gasteiger partial charge < -0.3 is 25.5 Å². The Morgan fingerprint density at radius 2 is 1.93 bits per heavy atom. The normalized spacial score (nSPS) is 21.1. The summed E-state index contributed by atoms with van der Waals surface area (Å²) in [5.41, 5.74) is 7.22. The van der Waals surface area contributed by atoms with Crippen LogP contribution in [0.1, 0.15) is 13.8 Å². The molecule has 5 N–H and O–H groups in total. The minimum atomic E-state index is -0.335. The van der Waals surface area contributed by atoms with Gasteiger partial charge in [-0.1, -0.05) is 13.8 Å². The van der Waals surface area contributed by atoms with E-state index in [1.54, 1.807) is 37.7 Å². The van der Waals surface area contributed by atoms with E-state index < -0.39 is 0 Å². The van der Waals surface area contributed by atoms with Gasteiger partial charge in [0, 0.05) is 43.3 Å². The molecule has 30 heavy (non-hydrogen) atoms. The molecule has 1 saturated heterocycles. The predicted molar refractivity (Wildman–Crippen MR) is 114 cm³/mol. The number of piperidine rings is 1. The van der Waals surface area contributed by atoms with Crippen LogP contribution in [0.2, 0.25) is 0 Å². The van der Waals surface area contributed by atoms with E-state index in [1.807, 2.05) is 18.7 Å². The number of ether oxygens (including phenoxy) is 1. The number of fused-ring (bicyclic) bond motifs is 1. The molecule has 160 valence electrons. The van der Waals surface area contributed by atoms with Gasteiger partial charge in [0.25, 0.3) is 0 Å². The van der Waals surface area contributed by atoms with Crippen molar-refractivity contribution in [3.63, 3.8) is 0 Å². The van der Waals surface area contributed by atoms with E-state index in [4.69, 9.17) is 15.9 Å². The van der Waals surface area contributed by atoms with E-state index in [9.17, 15) is 9.50 Å². The highest BCUT2D eigenvalue weighted by atomic mass is 19.1. The quantitative estimate of drug-likeness (QED) is 0.377. The van der Waals surface area contributed by atoms with Crippen LogP contribution in [0.5, 0.6) is 5.75 Å². The number of aliphatic hydroxyl groups excluding tert-OH is 1. The molecule has 4 rings (SSSR count). The Bertz CT molecular complexity index is 1010. The van der Waals surface area contributed by atoms with Gasteiger partial charge in [0.1, 0.15) is 11.4 Å². The number of nitrogens with two attached hydrogens (primary N) is 1. The van der Waals surface area contributed by atoms with Crippen molar-refractivity contribution < 1.29 is 14.2 Å². The Morgan fingerprint density at radius 1 is 1.27 bits per heavy atom. The molecule has 4 heterocycles. The number of guanidine groups is 1. The molecule has 9 heteroatoms. The SMILES string of the molecule is CC1CN(C(=N)N)CC(C)C1O.COc1ccnc(-c2ccnc3[nH]cc(F)c23)c1. The molecule has 0 aromatic carbocycles. The summed E-state index contributed by atoms with van der Waals surface area (Å²) in [5.74, 6) is 0.870. The molecule has 1 fully saturated rings. The third-order valence-electron chi connectivity index (χ3n) is 5.29. The van der Waals surface area contributed by atoms with Crippen molar-refractivity contribution in [3.05, 3.63) is 42.6 Å². The molecule has 1 aliphatic rings. The van der Waals surface area contributed by atoms with Crippen molar-refractivity contribution >= 4 is 17.0 Å². The van der Waals surface area contributed by atoms with Crippen LogP contribution in [0.3, 0.4) is 0 Å². The minimum Gasteiger partial charge on any atom is -0.497 e. The van der Waals surface area contributed by atoms with Crippen LogP contribution in [0, 0.1) is 23.1 Å². The largest absolute Gasteiger partial charge is 0.497 e. The smallest absolute Gasteiger partial charge is 0.188 e. The zero-order valence-electron chi connectivity index (χ0n) is 17.3. The molecule has 2 unspecified atom stereocenters. The number of pyridine rings is 2. The second-order valence-corrected chi connectivity index (χ2v) is 7.54. The van der Waals surface area contributed by atoms with Crippen molar-refractivity contribution in [2.75, 3.05) is 20.2 Å². The van der Waals surface area contributed by atoms with E-state index in [0.29, 0.717) is 41.1 Å². The molecule has 0 spiro atoms. The van der Waals surface area contributed by atoms with Crippen molar-refractivity contribution in [2.24, 2.45) is 17.6 Å². The zero-order valence-corrected chi connectivity index (χ0v) is 17.3. The monoisotopic (exact) mass is 414 g/mol. The molecule has 3 aromatic rings. The number of hydrogen-bond donors (Lipinski definition) is 4. The second kappa shape index (κ2) is 9.08. The Balaban J connectivity index is 0.000000187. The maximum absolute atomic E-state index is 13.7. The fraction of sp³-hybridized carbons (Fsp3) is 0.381. The first-order valence-electron chi connectivity index (χ1n) is 9.70. The summed E-state index contributed by atoms with van der Waals surface area (Å²) < 4.78 is 18.9. The van der Waals surface area contributed by atoms with Crippen LogP contribution in [-0.2, 0) is 0 Å². The highest BCUT2D eigenvalue weighted by Crippen LogP contribution is 2.29. The highest BCUT2D eigenvalue weighted by molar-refractivity contribution is 5.92. The summed E-state index contributed by atoms with van der Waals surface area (Å²) in [6, 6.07) is 5.25. The number of H-pyrrole nitrogens is 1. The number of nitrogens with zero attached hydrogens (tertiary/aromatic N) is 3. The molecule has 2 atom stereocenters. The molecule has 0 amide bonds. The third kappa shape index (κ3) is 4.51. The zero-order chi connectivity index (χ0) is 21.8. The average molecular weight is 414 g/mol. The minimum absolute atomic E-state index is 0.112. The van der Waals surface area contributed by atoms with Gasteiger partial charge in [-0.2, -0.15) is 0 Å². The molecule has 1 aliphatic heterocycles. The van der Waals surface area contributed by atoms with Crippen LogP contribution < -0.4 is 10.5 Å². The highest BCUT2D eigenvalue weighted by Gasteiger charge is 2.30. The first-order chi connectivity index (χ1) is 14.3. The number of aromatic amines is 1. The first kappa shape index (κ1) is 21.5. The van der Waals surface area contributed by atoms with E-state index >= 15 is 0 Å². The van der Waals surface area contributed by atoms with E-state index in [-0.39, 0.29) is 29.7 Å². The van der Waals surface area contributed by atoms with E-state index in [2.05, 4.69) is 15.0 Å². The fourth-order valence-electron chi connectivity index (χ4n) is 3.66. The number of rotatable bonds is 2. The topological polar surface area (TPSA) is 124 Å². The van der Waals surface area contributed by atoms with Crippen molar-refractivity contribution in [2.45, 2.75) is 20.0 Å². The fourth-order valence-corrected chi connectivity index (χ4v) is 3.66. The first-order valence-corrected chi connectivity index (χ1v) is 9.70. The van der Waals surface area contributed by atoms with Crippen molar-refractivity contribution in [3.8, 4) is 17.0 Å². The molecule has 0 bridgehead atoms. The molecule has 3 aromatic heterocycles. The van der Waals surface area contributed by atoms with Gasteiger partial charge in [0.15, 0.2) is 11.8 Å². The van der Waals surface area contributed by atoms with Gasteiger partial charge in [0.2, 0.25) is 0 Å². The number of aromatic nitrogens is 3. The number of halogens is 1. The lowest BCUT2D eigenvalue weighted by molar-refractivity contribution is 0.0134. The van der Waals surface area contributed by atoms with Crippen molar-refractivity contribution in [1.29, 1.82) is 5.41 Å². The Labute approximate surface area is 174 Å². The summed E-state index contributed by atoms with van der Waals surface area (Å²) in [5, 5.41) is 17.3.